The predicted molar refractivity (Wildman–Crippen MR) is 102 cm³/mol. The van der Waals surface area contributed by atoms with Crippen LogP contribution >= 0.6 is 11.6 Å². The molecular formula is C20H17ClFN3O2. The Morgan fingerprint density at radius 1 is 1.26 bits per heavy atom. The zero-order valence-corrected chi connectivity index (χ0v) is 15.1. The van der Waals surface area contributed by atoms with E-state index < -0.39 is 5.82 Å². The van der Waals surface area contributed by atoms with E-state index in [-0.39, 0.29) is 10.9 Å². The second-order valence-corrected chi connectivity index (χ2v) is 6.05. The Morgan fingerprint density at radius 3 is 2.89 bits per heavy atom. The third-order valence-electron chi connectivity index (χ3n) is 3.68. The average Bonchev–Trinajstić information content (AvgIpc) is 3.17. The molecule has 1 aromatic heterocycles. The van der Waals surface area contributed by atoms with Crippen LogP contribution in [0.4, 0.5) is 4.39 Å². The number of rotatable bonds is 7. The summed E-state index contributed by atoms with van der Waals surface area (Å²) >= 11 is 6.01. The van der Waals surface area contributed by atoms with Crippen LogP contribution in [0.1, 0.15) is 5.56 Å². The van der Waals surface area contributed by atoms with Gasteiger partial charge in [0.05, 0.1) is 11.3 Å². The van der Waals surface area contributed by atoms with E-state index in [1.54, 1.807) is 30.7 Å². The van der Waals surface area contributed by atoms with Gasteiger partial charge in [-0.05, 0) is 30.3 Å². The number of hydrogen-bond acceptors (Lipinski definition) is 3. The van der Waals surface area contributed by atoms with Crippen LogP contribution in [-0.4, -0.2) is 22.0 Å². The number of benzene rings is 2. The van der Waals surface area contributed by atoms with Crippen LogP contribution in [0, 0.1) is 5.82 Å². The molecule has 0 unspecified atom stereocenters. The van der Waals surface area contributed by atoms with Crippen LogP contribution in [0.2, 0.25) is 5.02 Å². The van der Waals surface area contributed by atoms with Crippen molar-refractivity contribution in [2.24, 2.45) is 0 Å². The Balaban J connectivity index is 1.62. The first kappa shape index (κ1) is 18.7. The first-order valence-corrected chi connectivity index (χ1v) is 8.63. The summed E-state index contributed by atoms with van der Waals surface area (Å²) in [5, 5.41) is 2.97. The Hall–Kier alpha value is -3.12. The van der Waals surface area contributed by atoms with Gasteiger partial charge >= 0.3 is 0 Å². The standard InChI is InChI=1S/C20H17ClFN3O2/c21-17-13-16(22)6-7-19(17)27-18-4-2-1-3-15(18)5-8-20(26)24-10-12-25-11-9-23-14-25/h1-9,11,13-14H,10,12H2,(H,24,26)/b8-5+. The van der Waals surface area contributed by atoms with Gasteiger partial charge in [0, 0.05) is 37.1 Å². The Labute approximate surface area is 161 Å². The number of imidazole rings is 1. The van der Waals surface area contributed by atoms with Gasteiger partial charge in [-0.1, -0.05) is 29.8 Å². The number of nitrogens with one attached hydrogen (secondary N) is 1. The van der Waals surface area contributed by atoms with Crippen molar-refractivity contribution >= 4 is 23.6 Å². The van der Waals surface area contributed by atoms with E-state index in [1.807, 2.05) is 22.9 Å². The quantitative estimate of drug-likeness (QED) is 0.617. The predicted octanol–water partition coefficient (Wildman–Crippen LogP) is 4.30. The molecule has 138 valence electrons. The lowest BCUT2D eigenvalue weighted by Gasteiger charge is -2.10. The molecule has 1 N–H and O–H groups in total. The Kier molecular flexibility index (Phi) is 6.22. The maximum absolute atomic E-state index is 13.2. The first-order chi connectivity index (χ1) is 13.1. The van der Waals surface area contributed by atoms with E-state index >= 15 is 0 Å². The van der Waals surface area contributed by atoms with Crippen LogP contribution < -0.4 is 10.1 Å². The molecule has 1 amide bonds. The van der Waals surface area contributed by atoms with Crippen molar-refractivity contribution in [2.75, 3.05) is 6.54 Å². The smallest absolute Gasteiger partial charge is 0.244 e. The first-order valence-electron chi connectivity index (χ1n) is 8.25. The highest BCUT2D eigenvalue weighted by Gasteiger charge is 2.07. The summed E-state index contributed by atoms with van der Waals surface area (Å²) in [4.78, 5) is 15.9. The van der Waals surface area contributed by atoms with Gasteiger partial charge in [-0.3, -0.25) is 4.79 Å². The van der Waals surface area contributed by atoms with Crippen LogP contribution in [0.15, 0.2) is 67.3 Å². The van der Waals surface area contributed by atoms with Crippen LogP contribution in [0.25, 0.3) is 6.08 Å². The number of para-hydroxylation sites is 1. The van der Waals surface area contributed by atoms with Crippen LogP contribution in [0.5, 0.6) is 11.5 Å². The van der Waals surface area contributed by atoms with E-state index in [4.69, 9.17) is 16.3 Å². The summed E-state index contributed by atoms with van der Waals surface area (Å²) in [5.41, 5.74) is 0.697. The summed E-state index contributed by atoms with van der Waals surface area (Å²) < 4.78 is 20.8. The highest BCUT2D eigenvalue weighted by Crippen LogP contribution is 2.32. The summed E-state index contributed by atoms with van der Waals surface area (Å²) in [5.74, 6) is 0.190. The average molecular weight is 386 g/mol. The molecule has 0 saturated heterocycles. The number of aromatic nitrogens is 2. The SMILES string of the molecule is O=C(/C=C/c1ccccc1Oc1ccc(F)cc1Cl)NCCn1ccnc1. The molecule has 0 spiro atoms. The van der Waals surface area contributed by atoms with Crippen molar-refractivity contribution in [3.63, 3.8) is 0 Å². The fourth-order valence-electron chi connectivity index (χ4n) is 2.34. The lowest BCUT2D eigenvalue weighted by Crippen LogP contribution is -2.25. The fourth-order valence-corrected chi connectivity index (χ4v) is 2.55. The maximum Gasteiger partial charge on any atom is 0.244 e. The van der Waals surface area contributed by atoms with Gasteiger partial charge in [0.15, 0.2) is 0 Å². The topological polar surface area (TPSA) is 56.1 Å². The minimum atomic E-state index is -0.437. The van der Waals surface area contributed by atoms with Crippen molar-refractivity contribution in [3.8, 4) is 11.5 Å². The zero-order valence-electron chi connectivity index (χ0n) is 14.3. The van der Waals surface area contributed by atoms with Gasteiger partial charge < -0.3 is 14.6 Å². The summed E-state index contributed by atoms with van der Waals surface area (Å²) in [6.45, 7) is 1.13. The molecule has 0 saturated carbocycles. The normalized spacial score (nSPS) is 10.9. The van der Waals surface area contributed by atoms with Gasteiger partial charge in [0.25, 0.3) is 0 Å². The van der Waals surface area contributed by atoms with E-state index in [0.717, 1.165) is 0 Å². The molecule has 0 aliphatic carbocycles. The molecule has 0 bridgehead atoms. The number of hydrogen-bond donors (Lipinski definition) is 1. The third kappa shape index (κ3) is 5.43. The molecule has 0 aliphatic heterocycles. The molecule has 27 heavy (non-hydrogen) atoms. The molecule has 5 nitrogen and oxygen atoms in total. The molecule has 1 heterocycles. The van der Waals surface area contributed by atoms with Crippen molar-refractivity contribution in [1.82, 2.24) is 14.9 Å². The van der Waals surface area contributed by atoms with Crippen molar-refractivity contribution in [3.05, 3.63) is 83.7 Å². The molecule has 0 radical (unpaired) electrons. The summed E-state index contributed by atoms with van der Waals surface area (Å²) in [7, 11) is 0. The Bertz CT molecular complexity index is 942. The van der Waals surface area contributed by atoms with E-state index in [0.29, 0.717) is 30.2 Å². The van der Waals surface area contributed by atoms with Crippen molar-refractivity contribution in [2.45, 2.75) is 6.54 Å². The number of amides is 1. The molecule has 2 aromatic carbocycles. The number of carbonyl (C=O) groups excluding carboxylic acids is 1. The van der Waals surface area contributed by atoms with Crippen molar-refractivity contribution < 1.29 is 13.9 Å². The fraction of sp³-hybridized carbons (Fsp3) is 0.100. The second-order valence-electron chi connectivity index (χ2n) is 5.64. The van der Waals surface area contributed by atoms with Crippen LogP contribution in [0.3, 0.4) is 0 Å². The lowest BCUT2D eigenvalue weighted by molar-refractivity contribution is -0.116. The van der Waals surface area contributed by atoms with Gasteiger partial charge in [-0.2, -0.15) is 0 Å². The highest BCUT2D eigenvalue weighted by atomic mass is 35.5. The zero-order chi connectivity index (χ0) is 19.1. The van der Waals surface area contributed by atoms with E-state index in [2.05, 4.69) is 10.3 Å². The van der Waals surface area contributed by atoms with Gasteiger partial charge in [-0.25, -0.2) is 9.37 Å². The number of ether oxygens (including phenoxy) is 1. The summed E-state index contributed by atoms with van der Waals surface area (Å²) in [6.07, 6.45) is 8.29. The second kappa shape index (κ2) is 9.00. The molecular weight excluding hydrogens is 369 g/mol. The minimum Gasteiger partial charge on any atom is -0.455 e. The van der Waals surface area contributed by atoms with Gasteiger partial charge in [0.2, 0.25) is 5.91 Å². The van der Waals surface area contributed by atoms with Gasteiger partial charge in [-0.15, -0.1) is 0 Å². The molecule has 0 fully saturated rings. The minimum absolute atomic E-state index is 0.172. The van der Waals surface area contributed by atoms with E-state index in [9.17, 15) is 9.18 Å². The summed E-state index contributed by atoms with van der Waals surface area (Å²) in [6, 6.07) is 11.1. The van der Waals surface area contributed by atoms with E-state index in [1.165, 1.54) is 24.3 Å². The molecule has 0 atom stereocenters. The molecule has 7 heteroatoms. The number of carbonyl (C=O) groups is 1. The molecule has 3 aromatic rings. The number of halogens is 2. The number of nitrogens with zero attached hydrogens (tertiary/aromatic N) is 2. The van der Waals surface area contributed by atoms with Crippen molar-refractivity contribution in [1.29, 1.82) is 0 Å². The Morgan fingerprint density at radius 2 is 2.11 bits per heavy atom. The molecule has 0 aliphatic rings. The van der Waals surface area contributed by atoms with Crippen LogP contribution in [-0.2, 0) is 11.3 Å². The third-order valence-corrected chi connectivity index (χ3v) is 3.97. The van der Waals surface area contributed by atoms with Gasteiger partial charge in [0.1, 0.15) is 17.3 Å². The highest BCUT2D eigenvalue weighted by molar-refractivity contribution is 6.32. The monoisotopic (exact) mass is 385 g/mol. The largest absolute Gasteiger partial charge is 0.455 e. The lowest BCUT2D eigenvalue weighted by atomic mass is 10.2. The molecule has 3 rings (SSSR count). The maximum atomic E-state index is 13.2.